The topological polar surface area (TPSA) is 69.6 Å². The maximum absolute atomic E-state index is 11.8. The normalized spacial score (nSPS) is 11.5. The molecule has 0 spiro atoms. The van der Waals surface area contributed by atoms with E-state index in [1.807, 2.05) is 19.1 Å². The van der Waals surface area contributed by atoms with Crippen molar-refractivity contribution in [3.8, 4) is 0 Å². The van der Waals surface area contributed by atoms with Crippen LogP contribution in [0.15, 0.2) is 36.9 Å². The van der Waals surface area contributed by atoms with Crippen LogP contribution < -0.4 is 5.32 Å². The molecule has 1 aromatic rings. The summed E-state index contributed by atoms with van der Waals surface area (Å²) in [6.45, 7) is 5.91. The highest BCUT2D eigenvalue weighted by molar-refractivity contribution is 5.89. The number of nitrogens with one attached hydrogen (secondary N) is 1. The molecule has 0 fully saturated rings. The van der Waals surface area contributed by atoms with Gasteiger partial charge in [0, 0.05) is 19.3 Å². The van der Waals surface area contributed by atoms with Crippen LogP contribution in [-0.2, 0) is 4.79 Å². The summed E-state index contributed by atoms with van der Waals surface area (Å²) >= 11 is 0. The summed E-state index contributed by atoms with van der Waals surface area (Å²) < 4.78 is 0. The average Bonchev–Trinajstić information content (AvgIpc) is 2.39. The molecule has 1 unspecified atom stereocenters. The lowest BCUT2D eigenvalue weighted by molar-refractivity contribution is -0.137. The number of urea groups is 1. The number of carbonyl (C=O) groups excluding carboxylic acids is 1. The fourth-order valence-corrected chi connectivity index (χ4v) is 1.77. The number of likely N-dealkylation sites (N-methyl/N-ethyl adjacent to an activating group) is 1. The molecule has 0 bridgehead atoms. The summed E-state index contributed by atoms with van der Waals surface area (Å²) in [7, 11) is 1.68. The minimum Gasteiger partial charge on any atom is -0.481 e. The highest BCUT2D eigenvalue weighted by Gasteiger charge is 2.11. The molecule has 5 nitrogen and oxygen atoms in total. The van der Waals surface area contributed by atoms with Crippen molar-refractivity contribution < 1.29 is 14.7 Å². The van der Waals surface area contributed by atoms with Crippen LogP contribution in [0.3, 0.4) is 0 Å². The van der Waals surface area contributed by atoms with Crippen molar-refractivity contribution in [2.45, 2.75) is 19.3 Å². The SMILES string of the molecule is C=CCN(C)C(=O)Nc1ccc(C(C)CC(=O)O)cc1. The first-order chi connectivity index (χ1) is 9.43. The average molecular weight is 276 g/mol. The molecule has 2 N–H and O–H groups in total. The summed E-state index contributed by atoms with van der Waals surface area (Å²) in [5, 5.41) is 11.5. The molecular formula is C15H20N2O3. The summed E-state index contributed by atoms with van der Waals surface area (Å²) in [6.07, 6.45) is 1.74. The van der Waals surface area contributed by atoms with Gasteiger partial charge in [-0.25, -0.2) is 4.79 Å². The summed E-state index contributed by atoms with van der Waals surface area (Å²) in [4.78, 5) is 23.9. The lowest BCUT2D eigenvalue weighted by Crippen LogP contribution is -2.31. The first kappa shape index (κ1) is 15.8. The van der Waals surface area contributed by atoms with Crippen LogP contribution in [0.25, 0.3) is 0 Å². The maximum Gasteiger partial charge on any atom is 0.321 e. The predicted octanol–water partition coefficient (Wildman–Crippen LogP) is 2.91. The van der Waals surface area contributed by atoms with Gasteiger partial charge in [0.05, 0.1) is 6.42 Å². The van der Waals surface area contributed by atoms with Gasteiger partial charge in [0.25, 0.3) is 0 Å². The smallest absolute Gasteiger partial charge is 0.321 e. The molecule has 0 saturated heterocycles. The summed E-state index contributed by atoms with van der Waals surface area (Å²) in [5.41, 5.74) is 1.61. The van der Waals surface area contributed by atoms with Gasteiger partial charge in [-0.3, -0.25) is 4.79 Å². The molecule has 0 radical (unpaired) electrons. The number of carboxylic acid groups (broad SMARTS) is 1. The van der Waals surface area contributed by atoms with Gasteiger partial charge in [-0.1, -0.05) is 25.1 Å². The van der Waals surface area contributed by atoms with Gasteiger partial charge in [-0.05, 0) is 23.6 Å². The first-order valence-electron chi connectivity index (χ1n) is 6.38. The highest BCUT2D eigenvalue weighted by Crippen LogP contribution is 2.21. The van der Waals surface area contributed by atoms with E-state index in [0.29, 0.717) is 12.2 Å². The van der Waals surface area contributed by atoms with Crippen LogP contribution in [0.1, 0.15) is 24.8 Å². The van der Waals surface area contributed by atoms with E-state index >= 15 is 0 Å². The third kappa shape index (κ3) is 4.76. The Labute approximate surface area is 118 Å². The number of anilines is 1. The minimum atomic E-state index is -0.819. The van der Waals surface area contributed by atoms with E-state index in [0.717, 1.165) is 5.56 Å². The molecule has 0 saturated carbocycles. The zero-order valence-electron chi connectivity index (χ0n) is 11.8. The van der Waals surface area contributed by atoms with Gasteiger partial charge in [0.1, 0.15) is 0 Å². The minimum absolute atomic E-state index is 0.0549. The molecule has 0 aromatic heterocycles. The number of aliphatic carboxylic acids is 1. The Bertz CT molecular complexity index is 482. The molecule has 1 rings (SSSR count). The Morgan fingerprint density at radius 3 is 2.50 bits per heavy atom. The number of hydrogen-bond acceptors (Lipinski definition) is 2. The molecule has 0 aliphatic heterocycles. The van der Waals surface area contributed by atoms with E-state index in [1.54, 1.807) is 25.3 Å². The zero-order valence-corrected chi connectivity index (χ0v) is 11.8. The Balaban J connectivity index is 2.64. The van der Waals surface area contributed by atoms with Crippen LogP contribution in [0.5, 0.6) is 0 Å². The van der Waals surface area contributed by atoms with Crippen molar-refractivity contribution in [1.82, 2.24) is 4.90 Å². The van der Waals surface area contributed by atoms with Gasteiger partial charge < -0.3 is 15.3 Å². The molecular weight excluding hydrogens is 256 g/mol. The number of benzene rings is 1. The molecule has 108 valence electrons. The standard InChI is InChI=1S/C15H20N2O3/c1-4-9-17(3)15(20)16-13-7-5-12(6-8-13)11(2)10-14(18)19/h4-8,11H,1,9-10H2,2-3H3,(H,16,20)(H,18,19). The van der Waals surface area contributed by atoms with E-state index in [9.17, 15) is 9.59 Å². The van der Waals surface area contributed by atoms with E-state index in [4.69, 9.17) is 5.11 Å². The summed E-state index contributed by atoms with van der Waals surface area (Å²) in [5.74, 6) is -0.873. The van der Waals surface area contributed by atoms with Crippen LogP contribution >= 0.6 is 0 Å². The quantitative estimate of drug-likeness (QED) is 0.785. The molecule has 1 aromatic carbocycles. The molecule has 20 heavy (non-hydrogen) atoms. The molecule has 5 heteroatoms. The lowest BCUT2D eigenvalue weighted by atomic mass is 9.98. The Kier molecular flexibility index (Phi) is 5.77. The van der Waals surface area contributed by atoms with Crippen LogP contribution in [0.2, 0.25) is 0 Å². The summed E-state index contributed by atoms with van der Waals surface area (Å²) in [6, 6.07) is 6.99. The third-order valence-corrected chi connectivity index (χ3v) is 2.96. The number of amides is 2. The Morgan fingerprint density at radius 2 is 2.00 bits per heavy atom. The number of nitrogens with zero attached hydrogens (tertiary/aromatic N) is 1. The maximum atomic E-state index is 11.8. The zero-order chi connectivity index (χ0) is 15.1. The number of carboxylic acids is 1. The molecule has 0 aliphatic carbocycles. The van der Waals surface area contributed by atoms with Crippen molar-refractivity contribution in [2.75, 3.05) is 18.9 Å². The van der Waals surface area contributed by atoms with Gasteiger partial charge in [-0.2, -0.15) is 0 Å². The van der Waals surface area contributed by atoms with Crippen molar-refractivity contribution in [2.24, 2.45) is 0 Å². The van der Waals surface area contributed by atoms with Crippen LogP contribution in [0.4, 0.5) is 10.5 Å². The van der Waals surface area contributed by atoms with E-state index in [-0.39, 0.29) is 18.4 Å². The van der Waals surface area contributed by atoms with Gasteiger partial charge >= 0.3 is 12.0 Å². The van der Waals surface area contributed by atoms with E-state index in [2.05, 4.69) is 11.9 Å². The predicted molar refractivity (Wildman–Crippen MR) is 79.0 cm³/mol. The Hall–Kier alpha value is -2.30. The highest BCUT2D eigenvalue weighted by atomic mass is 16.4. The van der Waals surface area contributed by atoms with Crippen molar-refractivity contribution in [3.05, 3.63) is 42.5 Å². The fourth-order valence-electron chi connectivity index (χ4n) is 1.77. The number of rotatable bonds is 6. The van der Waals surface area contributed by atoms with Crippen LogP contribution in [0, 0.1) is 0 Å². The van der Waals surface area contributed by atoms with Crippen molar-refractivity contribution >= 4 is 17.7 Å². The third-order valence-electron chi connectivity index (χ3n) is 2.96. The largest absolute Gasteiger partial charge is 0.481 e. The Morgan fingerprint density at radius 1 is 1.40 bits per heavy atom. The van der Waals surface area contributed by atoms with Crippen LogP contribution in [-0.4, -0.2) is 35.6 Å². The second-order valence-electron chi connectivity index (χ2n) is 4.72. The first-order valence-corrected chi connectivity index (χ1v) is 6.38. The second-order valence-corrected chi connectivity index (χ2v) is 4.72. The van der Waals surface area contributed by atoms with E-state index < -0.39 is 5.97 Å². The molecule has 0 aliphatic rings. The van der Waals surface area contributed by atoms with Crippen molar-refractivity contribution in [3.63, 3.8) is 0 Å². The second kappa shape index (κ2) is 7.33. The van der Waals surface area contributed by atoms with Gasteiger partial charge in [0.2, 0.25) is 0 Å². The molecule has 2 amide bonds. The molecule has 1 atom stereocenters. The monoisotopic (exact) mass is 276 g/mol. The molecule has 0 heterocycles. The number of hydrogen-bond donors (Lipinski definition) is 2. The van der Waals surface area contributed by atoms with Crippen molar-refractivity contribution in [1.29, 1.82) is 0 Å². The van der Waals surface area contributed by atoms with Gasteiger partial charge in [0.15, 0.2) is 0 Å². The number of carbonyl (C=O) groups is 2. The van der Waals surface area contributed by atoms with Gasteiger partial charge in [-0.15, -0.1) is 6.58 Å². The van der Waals surface area contributed by atoms with E-state index in [1.165, 1.54) is 4.90 Å². The lowest BCUT2D eigenvalue weighted by Gasteiger charge is -2.16. The fraction of sp³-hybridized carbons (Fsp3) is 0.333.